The molecule has 2 aliphatic carbocycles. The lowest BCUT2D eigenvalue weighted by molar-refractivity contribution is -0.109. The highest BCUT2D eigenvalue weighted by Crippen LogP contribution is 2.70. The number of carbonyl (C=O) groups excluding carboxylic acids is 2. The summed E-state index contributed by atoms with van der Waals surface area (Å²) in [6.45, 7) is 8.10. The molecule has 0 bridgehead atoms. The summed E-state index contributed by atoms with van der Waals surface area (Å²) in [5.41, 5.74) is 8.58. The topological polar surface area (TPSA) is 34.1 Å². The van der Waals surface area contributed by atoms with Crippen molar-refractivity contribution in [3.63, 3.8) is 0 Å². The van der Waals surface area contributed by atoms with E-state index in [-0.39, 0.29) is 19.7 Å². The lowest BCUT2D eigenvalue weighted by Crippen LogP contribution is -2.47. The Kier molecular flexibility index (Phi) is 6.46. The van der Waals surface area contributed by atoms with Gasteiger partial charge in [-0.2, -0.15) is 0 Å². The van der Waals surface area contributed by atoms with Crippen LogP contribution in [0.25, 0.3) is 9.81 Å². The first-order valence-corrected chi connectivity index (χ1v) is 15.8. The van der Waals surface area contributed by atoms with E-state index in [1.807, 2.05) is 23.5 Å². The molecular weight excluding hydrogens is 533 g/mol. The number of fused-ring (bicyclic) bond motifs is 4. The highest BCUT2D eigenvalue weighted by molar-refractivity contribution is 8.14. The molecule has 6 heteroatoms. The maximum absolute atomic E-state index is 11.5. The summed E-state index contributed by atoms with van der Waals surface area (Å²) in [5, 5.41) is 0.226. The van der Waals surface area contributed by atoms with E-state index in [4.69, 9.17) is 0 Å². The maximum Gasteiger partial charge on any atom is 0.190 e. The predicted octanol–water partition coefficient (Wildman–Crippen LogP) is 9.15. The lowest BCUT2D eigenvalue weighted by atomic mass is 9.72. The van der Waals surface area contributed by atoms with Gasteiger partial charge in [-0.25, -0.2) is 0 Å². The summed E-state index contributed by atoms with van der Waals surface area (Å²) < 4.78 is -0.137. The zero-order chi connectivity index (χ0) is 25.9. The zero-order valence-electron chi connectivity index (χ0n) is 21.3. The maximum atomic E-state index is 11.5. The molecule has 37 heavy (non-hydrogen) atoms. The second-order valence-electron chi connectivity index (χ2n) is 10.2. The monoisotopic (exact) mass is 560 g/mol. The molecule has 188 valence electrons. The first-order valence-electron chi connectivity index (χ1n) is 12.5. The smallest absolute Gasteiger partial charge is 0.190 e. The minimum absolute atomic E-state index is 0.0685. The largest absolute Gasteiger partial charge is 0.287 e. The van der Waals surface area contributed by atoms with Gasteiger partial charge in [0.2, 0.25) is 0 Å². The van der Waals surface area contributed by atoms with Gasteiger partial charge in [-0.3, -0.25) is 9.59 Å². The molecule has 0 radical (unpaired) electrons. The summed E-state index contributed by atoms with van der Waals surface area (Å²) >= 11 is 6.57. The Balaban J connectivity index is 1.36. The summed E-state index contributed by atoms with van der Waals surface area (Å²) in [6.07, 6.45) is 8.44. The molecule has 1 saturated carbocycles. The van der Waals surface area contributed by atoms with E-state index < -0.39 is 0 Å². The Morgan fingerprint density at radius 3 is 1.41 bits per heavy atom. The average Bonchev–Trinajstić information content (AvgIpc) is 3.55. The third-order valence-electron chi connectivity index (χ3n) is 7.79. The van der Waals surface area contributed by atoms with Gasteiger partial charge in [-0.05, 0) is 103 Å². The molecular formula is C31H28O2S4. The van der Waals surface area contributed by atoms with Gasteiger partial charge in [0.1, 0.15) is 0 Å². The van der Waals surface area contributed by atoms with E-state index in [1.54, 1.807) is 25.0 Å². The van der Waals surface area contributed by atoms with Crippen molar-refractivity contribution < 1.29 is 9.59 Å². The molecule has 0 spiro atoms. The van der Waals surface area contributed by atoms with Crippen LogP contribution in [0.4, 0.5) is 0 Å². The third kappa shape index (κ3) is 4.25. The van der Waals surface area contributed by atoms with Crippen LogP contribution in [0.3, 0.4) is 0 Å². The first kappa shape index (κ1) is 25.4. The summed E-state index contributed by atoms with van der Waals surface area (Å²) in [7, 11) is 0. The molecule has 0 aromatic heterocycles. The van der Waals surface area contributed by atoms with Crippen LogP contribution in [0, 0.1) is 0 Å². The average molecular weight is 561 g/mol. The van der Waals surface area contributed by atoms with E-state index in [0.29, 0.717) is 0 Å². The molecule has 6 rings (SSSR count). The van der Waals surface area contributed by atoms with Gasteiger partial charge in [-0.15, -0.1) is 23.5 Å². The van der Waals surface area contributed by atoms with Crippen molar-refractivity contribution in [1.82, 2.24) is 0 Å². The van der Waals surface area contributed by atoms with Gasteiger partial charge in [0.25, 0.3) is 0 Å². The van der Waals surface area contributed by atoms with E-state index in [0.717, 1.165) is 22.6 Å². The Morgan fingerprint density at radius 1 is 0.676 bits per heavy atom. The van der Waals surface area contributed by atoms with Crippen molar-refractivity contribution in [3.8, 4) is 0 Å². The molecule has 1 fully saturated rings. The van der Waals surface area contributed by atoms with Gasteiger partial charge in [-0.1, -0.05) is 47.8 Å². The Hall–Kier alpha value is -1.86. The molecule has 2 aliphatic heterocycles. The van der Waals surface area contributed by atoms with Crippen LogP contribution in [0.15, 0.2) is 92.8 Å². The van der Waals surface area contributed by atoms with Gasteiger partial charge in [0, 0.05) is 33.4 Å². The molecule has 4 aliphatic rings. The molecule has 2 aromatic carbocycles. The molecule has 2 unspecified atom stereocenters. The van der Waals surface area contributed by atoms with Crippen LogP contribution in [0.1, 0.15) is 58.1 Å². The summed E-state index contributed by atoms with van der Waals surface area (Å²) in [4.78, 5) is 27.7. The van der Waals surface area contributed by atoms with Gasteiger partial charge in [0.15, 0.2) is 10.2 Å². The molecule has 0 amide bonds. The summed E-state index contributed by atoms with van der Waals surface area (Å²) in [5.74, 6) is 0. The molecule has 2 atom stereocenters. The first-order chi connectivity index (χ1) is 17.7. The lowest BCUT2D eigenvalue weighted by Gasteiger charge is -2.47. The van der Waals surface area contributed by atoms with E-state index in [2.05, 4.69) is 74.5 Å². The quantitative estimate of drug-likeness (QED) is 0.347. The van der Waals surface area contributed by atoms with Crippen molar-refractivity contribution in [3.05, 3.63) is 94.1 Å². The number of benzene rings is 2. The molecule has 0 saturated heterocycles. The van der Waals surface area contributed by atoms with E-state index in [9.17, 15) is 9.59 Å². The number of thioether (sulfide) groups is 4. The molecule has 2 nitrogen and oxygen atoms in total. The van der Waals surface area contributed by atoms with Gasteiger partial charge in [0.05, 0.1) is 9.49 Å². The second-order valence-corrected chi connectivity index (χ2v) is 15.6. The number of hydrogen-bond acceptors (Lipinski definition) is 6. The fourth-order valence-corrected chi connectivity index (χ4v) is 10.3. The SMILES string of the molecule is CC(=O)Sc1ccc(C2=CC3=C4CCCC4=C4C=C(c5ccc(SC(C)=O)cc5)SC4(C)C3(C)S2)cc1. The number of rotatable bonds is 4. The number of carbonyl (C=O) groups is 2. The van der Waals surface area contributed by atoms with Crippen LogP contribution < -0.4 is 0 Å². The Labute approximate surface area is 235 Å². The van der Waals surface area contributed by atoms with Gasteiger partial charge >= 0.3 is 0 Å². The van der Waals surface area contributed by atoms with Crippen molar-refractivity contribution in [1.29, 1.82) is 0 Å². The molecule has 2 heterocycles. The zero-order valence-corrected chi connectivity index (χ0v) is 24.6. The van der Waals surface area contributed by atoms with Crippen molar-refractivity contribution >= 4 is 67.1 Å². The fourth-order valence-electron chi connectivity index (χ4n) is 5.93. The third-order valence-corrected chi connectivity index (χ3v) is 12.7. The number of allylic oxidation sites excluding steroid dienone is 4. The predicted molar refractivity (Wildman–Crippen MR) is 162 cm³/mol. The van der Waals surface area contributed by atoms with Crippen LogP contribution in [0.5, 0.6) is 0 Å². The highest BCUT2D eigenvalue weighted by Gasteiger charge is 2.59. The summed E-state index contributed by atoms with van der Waals surface area (Å²) in [6, 6.07) is 16.9. The number of hydrogen-bond donors (Lipinski definition) is 0. The molecule has 2 aromatic rings. The molecule has 0 N–H and O–H groups in total. The highest BCUT2D eigenvalue weighted by atomic mass is 32.2. The second kappa shape index (κ2) is 9.41. The minimum atomic E-state index is -0.0685. The standard InChI is InChI=1S/C31H28O2S4/c1-18(32)34-22-12-8-20(9-13-22)28-16-26-24-6-5-7-25(24)27-17-29(37-31(27,4)30(26,3)36-28)21-10-14-23(15-11-21)35-19(2)33/h8-17H,5-7H2,1-4H3. The van der Waals surface area contributed by atoms with Crippen LogP contribution in [-0.4, -0.2) is 19.7 Å². The van der Waals surface area contributed by atoms with E-state index in [1.165, 1.54) is 62.0 Å². The van der Waals surface area contributed by atoms with E-state index >= 15 is 0 Å². The Morgan fingerprint density at radius 2 is 1.05 bits per heavy atom. The normalized spacial score (nSPS) is 26.1. The Bertz CT molecular complexity index is 1350. The fraction of sp³-hybridized carbons (Fsp3) is 0.290. The van der Waals surface area contributed by atoms with Crippen LogP contribution >= 0.6 is 47.0 Å². The van der Waals surface area contributed by atoms with Crippen molar-refractivity contribution in [2.45, 2.75) is 66.2 Å². The minimum Gasteiger partial charge on any atom is -0.287 e. The van der Waals surface area contributed by atoms with Crippen molar-refractivity contribution in [2.24, 2.45) is 0 Å². The van der Waals surface area contributed by atoms with Crippen LogP contribution in [-0.2, 0) is 9.59 Å². The van der Waals surface area contributed by atoms with Crippen molar-refractivity contribution in [2.75, 3.05) is 0 Å². The van der Waals surface area contributed by atoms with Crippen LogP contribution in [0.2, 0.25) is 0 Å². The van der Waals surface area contributed by atoms with Gasteiger partial charge < -0.3 is 0 Å².